The van der Waals surface area contributed by atoms with Gasteiger partial charge in [-0.1, -0.05) is 5.16 Å². The van der Waals surface area contributed by atoms with E-state index in [-0.39, 0.29) is 57.0 Å². The van der Waals surface area contributed by atoms with Crippen LogP contribution in [0.5, 0.6) is 0 Å². The van der Waals surface area contributed by atoms with Crippen molar-refractivity contribution in [3.63, 3.8) is 0 Å². The molecule has 18 nitrogen and oxygen atoms in total. The number of benzene rings is 1. The number of rotatable bonds is 11. The average molecular weight is 622 g/mol. The van der Waals surface area contributed by atoms with Crippen LogP contribution >= 0.6 is 11.3 Å². The van der Waals surface area contributed by atoms with Crippen molar-refractivity contribution in [3.8, 4) is 0 Å². The number of oxime groups is 1. The minimum Gasteiger partial charge on any atom is -0.731 e. The quantitative estimate of drug-likeness (QED) is 0.0406. The van der Waals surface area contributed by atoms with Gasteiger partial charge in [-0.2, -0.15) is 0 Å². The third-order valence-corrected chi connectivity index (χ3v) is 6.79. The predicted molar refractivity (Wildman–Crippen MR) is 133 cm³/mol. The number of nitrogen functional groups attached to an aromatic ring is 1. The Kier molecular flexibility index (Phi) is 10.5. The Morgan fingerprint density at radius 2 is 1.88 bits per heavy atom. The fourth-order valence-electron chi connectivity index (χ4n) is 3.18. The van der Waals surface area contributed by atoms with Gasteiger partial charge in [-0.3, -0.25) is 24.5 Å². The van der Waals surface area contributed by atoms with E-state index in [4.69, 9.17) is 21.0 Å². The molecule has 1 aromatic heterocycles. The molecule has 41 heavy (non-hydrogen) atoms. The number of aromatic nitrogens is 1. The van der Waals surface area contributed by atoms with E-state index < -0.39 is 62.3 Å². The second-order valence-corrected chi connectivity index (χ2v) is 10.6. The molecule has 3 rings (SSSR count). The molecule has 1 saturated heterocycles. The minimum absolute atomic E-state index is 0. The molecule has 1 fully saturated rings. The number of non-ortho nitro benzene ring substituents is 1. The number of amides is 3. The number of carbonyl (C=O) groups excluding carboxylic acids is 4. The van der Waals surface area contributed by atoms with Crippen molar-refractivity contribution in [2.75, 3.05) is 5.73 Å². The Morgan fingerprint density at radius 1 is 1.27 bits per heavy atom. The second kappa shape index (κ2) is 12.9. The van der Waals surface area contributed by atoms with Crippen LogP contribution in [0.15, 0.2) is 34.8 Å². The van der Waals surface area contributed by atoms with Crippen LogP contribution in [0.1, 0.15) is 25.1 Å². The summed E-state index contributed by atoms with van der Waals surface area (Å²) in [6, 6.07) is 1.39. The molecule has 2 aromatic rings. The maximum absolute atomic E-state index is 13.0. The number of nitrogens with zero attached hydrogens (tertiary/aromatic N) is 4. The maximum atomic E-state index is 13.0. The van der Waals surface area contributed by atoms with Crippen molar-refractivity contribution in [2.24, 2.45) is 10.9 Å². The van der Waals surface area contributed by atoms with E-state index in [1.165, 1.54) is 43.5 Å². The molecule has 0 bridgehead atoms. The van der Waals surface area contributed by atoms with Gasteiger partial charge < -0.3 is 30.9 Å². The first-order valence-corrected chi connectivity index (χ1v) is 13.0. The smallest absolute Gasteiger partial charge is 0.731 e. The maximum Gasteiger partial charge on any atom is 1.00 e. The van der Waals surface area contributed by atoms with Gasteiger partial charge in [0.2, 0.25) is 11.5 Å². The van der Waals surface area contributed by atoms with Crippen LogP contribution in [0.4, 0.5) is 10.8 Å². The molecule has 21 heteroatoms. The first-order chi connectivity index (χ1) is 18.5. The molecular weight excluding hydrogens is 601 g/mol. The number of thiazole rings is 1. The third-order valence-electron chi connectivity index (χ3n) is 5.22. The van der Waals surface area contributed by atoms with Crippen LogP contribution in [0.3, 0.4) is 0 Å². The number of β-lactam (4-membered cyclic amide) rings is 1. The zero-order valence-electron chi connectivity index (χ0n) is 21.5. The van der Waals surface area contributed by atoms with Gasteiger partial charge in [0.05, 0.1) is 4.92 Å². The van der Waals surface area contributed by atoms with E-state index in [2.05, 4.69) is 10.1 Å². The van der Waals surface area contributed by atoms with E-state index in [0.717, 1.165) is 11.3 Å². The van der Waals surface area contributed by atoms with Crippen LogP contribution in [-0.2, 0) is 45.7 Å². The molecule has 0 unspecified atom stereocenters. The molecular formula is C20H20N7NaO11S2. The molecule has 0 radical (unpaired) electrons. The van der Waals surface area contributed by atoms with Gasteiger partial charge in [0, 0.05) is 17.5 Å². The summed E-state index contributed by atoms with van der Waals surface area (Å²) in [4.78, 5) is 68.8. The topological polar surface area (TPSA) is 280 Å². The predicted octanol–water partition coefficient (Wildman–Crippen LogP) is -4.48. The number of nitrogens with two attached hydrogens (primary N) is 2. The summed E-state index contributed by atoms with van der Waals surface area (Å²) >= 11 is 0.893. The van der Waals surface area contributed by atoms with Gasteiger partial charge in [-0.05, 0) is 31.5 Å². The molecule has 0 spiro atoms. The van der Waals surface area contributed by atoms with Gasteiger partial charge in [-0.15, -0.1) is 11.3 Å². The Labute approximate surface area is 257 Å². The van der Waals surface area contributed by atoms with E-state index in [0.29, 0.717) is 5.56 Å². The first kappa shape index (κ1) is 33.5. The number of nitrogens with one attached hydrogen (secondary N) is 1. The van der Waals surface area contributed by atoms with Crippen molar-refractivity contribution in [1.29, 1.82) is 0 Å². The Morgan fingerprint density at radius 3 is 2.37 bits per heavy atom. The van der Waals surface area contributed by atoms with Crippen LogP contribution in [0.25, 0.3) is 0 Å². The van der Waals surface area contributed by atoms with Crippen LogP contribution in [0, 0.1) is 10.1 Å². The number of ether oxygens (including phenoxy) is 1. The van der Waals surface area contributed by atoms with E-state index in [9.17, 15) is 42.3 Å². The molecule has 5 N–H and O–H groups in total. The third kappa shape index (κ3) is 7.74. The monoisotopic (exact) mass is 621 g/mol. The fraction of sp³-hybridized carbons (Fsp3) is 0.300. The van der Waals surface area contributed by atoms with Gasteiger partial charge in [-0.25, -0.2) is 22.5 Å². The summed E-state index contributed by atoms with van der Waals surface area (Å²) < 4.78 is 38.7. The largest absolute Gasteiger partial charge is 1.00 e. The number of nitro groups is 1. The molecule has 1 aliphatic heterocycles. The summed E-state index contributed by atoms with van der Waals surface area (Å²) in [5, 5.41) is 17.7. The number of esters is 1. The number of carbonyl (C=O) groups is 4. The summed E-state index contributed by atoms with van der Waals surface area (Å²) in [6.45, 7) is 2.21. The van der Waals surface area contributed by atoms with Crippen LogP contribution < -0.4 is 46.3 Å². The SMILES string of the molecule is CC(C)(ON=C(C(=O)N[C@@H]1C(=O)N(S(=O)(=O)[O-])[C@@H]1C(N)=O)c1csc(N)n1)C(=O)OCc1ccc([N+](=O)[O-])cc1.[Na+]. The zero-order chi connectivity index (χ0) is 30.0. The second-order valence-electron chi connectivity index (χ2n) is 8.50. The van der Waals surface area contributed by atoms with E-state index >= 15 is 0 Å². The number of hydrogen-bond donors (Lipinski definition) is 3. The number of primary amides is 1. The van der Waals surface area contributed by atoms with Crippen molar-refractivity contribution in [3.05, 3.63) is 51.0 Å². The minimum atomic E-state index is -5.40. The van der Waals surface area contributed by atoms with Crippen molar-refractivity contribution < 1.29 is 76.2 Å². The van der Waals surface area contributed by atoms with E-state index in [1.807, 2.05) is 5.32 Å². The molecule has 1 aromatic carbocycles. The van der Waals surface area contributed by atoms with Crippen LogP contribution in [-0.4, -0.2) is 74.3 Å². The molecule has 2 atom stereocenters. The van der Waals surface area contributed by atoms with Gasteiger partial charge >= 0.3 is 35.5 Å². The summed E-state index contributed by atoms with van der Waals surface area (Å²) in [6.07, 6.45) is 0. The van der Waals surface area contributed by atoms with Crippen LogP contribution in [0.2, 0.25) is 0 Å². The molecule has 0 aliphatic carbocycles. The Bertz CT molecular complexity index is 1510. The molecule has 1 aliphatic rings. The first-order valence-electron chi connectivity index (χ1n) is 10.8. The normalized spacial score (nSPS) is 17.1. The van der Waals surface area contributed by atoms with Crippen molar-refractivity contribution in [1.82, 2.24) is 14.6 Å². The van der Waals surface area contributed by atoms with Crippen molar-refractivity contribution in [2.45, 2.75) is 38.1 Å². The average Bonchev–Trinajstić information content (AvgIpc) is 3.28. The Balaban J connectivity index is 0.00000588. The molecule has 2 heterocycles. The molecule has 3 amide bonds. The molecule has 0 saturated carbocycles. The van der Waals surface area contributed by atoms with Gasteiger partial charge in [0.1, 0.15) is 18.3 Å². The summed E-state index contributed by atoms with van der Waals surface area (Å²) in [7, 11) is -5.40. The van der Waals surface area contributed by atoms with Gasteiger partial charge in [0.25, 0.3) is 17.5 Å². The van der Waals surface area contributed by atoms with E-state index in [1.54, 1.807) is 0 Å². The van der Waals surface area contributed by atoms with Gasteiger partial charge in [0.15, 0.2) is 27.2 Å². The number of anilines is 1. The summed E-state index contributed by atoms with van der Waals surface area (Å²) in [5.74, 6) is -4.96. The fourth-order valence-corrected chi connectivity index (χ4v) is 4.56. The molecule has 214 valence electrons. The number of nitro benzene ring substituents is 1. The standard InChI is InChI=1S/C20H21N7O11S2.Na/c1-20(2,18(31)37-7-9-3-5-10(6-4-9)27(32)33)38-25-12(11-8-39-19(22)23-11)16(29)24-13-14(15(21)28)26(17(13)30)40(34,35)36;/h3-6,8,13-14H,7H2,1-2H3,(H2,21,28)(H2,22,23)(H,24,29)(H,34,35,36);/q;+1/p-1/t13-,14-;/m0./s1. The van der Waals surface area contributed by atoms with Crippen molar-refractivity contribution >= 4 is 61.9 Å². The number of hydrogen-bond acceptors (Lipinski definition) is 15. The Hall–Kier alpha value is -3.69. The summed E-state index contributed by atoms with van der Waals surface area (Å²) in [5.41, 5.74) is 8.34. The zero-order valence-corrected chi connectivity index (χ0v) is 25.1.